The van der Waals surface area contributed by atoms with Crippen LogP contribution in [0.2, 0.25) is 0 Å². The van der Waals surface area contributed by atoms with Crippen molar-refractivity contribution in [2.24, 2.45) is 17.4 Å². The highest BCUT2D eigenvalue weighted by Crippen LogP contribution is 2.05. The van der Waals surface area contributed by atoms with E-state index in [0.717, 1.165) is 0 Å². The van der Waals surface area contributed by atoms with Gasteiger partial charge in [-0.3, -0.25) is 19.2 Å². The molecule has 0 aliphatic heterocycles. The average molecular weight is 462 g/mol. The molecule has 0 heterocycles. The number of aliphatic carboxylic acids is 2. The molecular weight excluding hydrogens is 426 g/mol. The van der Waals surface area contributed by atoms with E-state index in [2.05, 4.69) is 16.0 Å². The molecule has 0 saturated heterocycles. The predicted molar refractivity (Wildman–Crippen MR) is 113 cm³/mol. The number of aliphatic hydroxyl groups is 1. The molecule has 0 aliphatic carbocycles. The van der Waals surface area contributed by atoms with E-state index >= 15 is 0 Å². The summed E-state index contributed by atoms with van der Waals surface area (Å²) in [5, 5.41) is 34.4. The van der Waals surface area contributed by atoms with Gasteiger partial charge in [0.05, 0.1) is 19.1 Å². The lowest BCUT2D eigenvalue weighted by Gasteiger charge is -2.24. The third kappa shape index (κ3) is 11.6. The minimum atomic E-state index is -1.56. The van der Waals surface area contributed by atoms with Crippen molar-refractivity contribution in [1.29, 1.82) is 0 Å². The van der Waals surface area contributed by atoms with Crippen LogP contribution in [-0.2, 0) is 24.0 Å². The van der Waals surface area contributed by atoms with Gasteiger partial charge in [-0.15, -0.1) is 0 Å². The van der Waals surface area contributed by atoms with Gasteiger partial charge in [0.1, 0.15) is 18.1 Å². The Kier molecular flexibility index (Phi) is 13.8. The lowest BCUT2D eigenvalue weighted by atomic mass is 10.0. The predicted octanol–water partition coefficient (Wildman–Crippen LogP) is -2.51. The SMILES string of the molecule is CC(C)C[C@H](N)C(=O)N[C@@H](CC(=O)O)C(=O)N[C@@H](CO)C(=O)N[C@@H](CCCCN)C(=O)O. The van der Waals surface area contributed by atoms with Crippen molar-refractivity contribution in [3.63, 3.8) is 0 Å². The Labute approximate surface area is 186 Å². The van der Waals surface area contributed by atoms with Crippen molar-refractivity contribution in [3.8, 4) is 0 Å². The number of rotatable bonds is 16. The van der Waals surface area contributed by atoms with E-state index in [4.69, 9.17) is 16.6 Å². The fourth-order valence-electron chi connectivity index (χ4n) is 2.77. The highest BCUT2D eigenvalue weighted by atomic mass is 16.4. The Bertz CT molecular complexity index is 658. The van der Waals surface area contributed by atoms with Crippen LogP contribution < -0.4 is 27.4 Å². The number of nitrogens with two attached hydrogens (primary N) is 2. The quantitative estimate of drug-likeness (QED) is 0.112. The van der Waals surface area contributed by atoms with E-state index in [1.165, 1.54) is 0 Å². The Morgan fingerprint density at radius 3 is 1.84 bits per heavy atom. The van der Waals surface area contributed by atoms with E-state index in [1.54, 1.807) is 0 Å². The third-order valence-electron chi connectivity index (χ3n) is 4.45. The largest absolute Gasteiger partial charge is 0.481 e. The first-order valence-electron chi connectivity index (χ1n) is 10.3. The van der Waals surface area contributed by atoms with E-state index in [1.807, 2.05) is 13.8 Å². The Balaban J connectivity index is 5.19. The second-order valence-electron chi connectivity index (χ2n) is 7.82. The van der Waals surface area contributed by atoms with Crippen LogP contribution in [0.15, 0.2) is 0 Å². The number of carbonyl (C=O) groups is 5. The van der Waals surface area contributed by atoms with Gasteiger partial charge in [-0.1, -0.05) is 13.8 Å². The minimum Gasteiger partial charge on any atom is -0.481 e. The number of hydrogen-bond acceptors (Lipinski definition) is 8. The summed E-state index contributed by atoms with van der Waals surface area (Å²) in [5.41, 5.74) is 11.1. The van der Waals surface area contributed by atoms with E-state index in [-0.39, 0.29) is 12.3 Å². The summed E-state index contributed by atoms with van der Waals surface area (Å²) in [6.07, 6.45) is 0.594. The smallest absolute Gasteiger partial charge is 0.326 e. The zero-order valence-corrected chi connectivity index (χ0v) is 18.4. The van der Waals surface area contributed by atoms with Crippen LogP contribution in [0.3, 0.4) is 0 Å². The fourth-order valence-corrected chi connectivity index (χ4v) is 2.77. The molecule has 0 bridgehead atoms. The molecule has 13 nitrogen and oxygen atoms in total. The lowest BCUT2D eigenvalue weighted by molar-refractivity contribution is -0.143. The number of unbranched alkanes of at least 4 members (excludes halogenated alkanes) is 1. The molecular formula is C19H35N5O8. The highest BCUT2D eigenvalue weighted by molar-refractivity contribution is 5.95. The van der Waals surface area contributed by atoms with Gasteiger partial charge in [0, 0.05) is 0 Å². The van der Waals surface area contributed by atoms with Gasteiger partial charge in [-0.2, -0.15) is 0 Å². The maximum absolute atomic E-state index is 12.5. The van der Waals surface area contributed by atoms with Crippen LogP contribution in [0.1, 0.15) is 46.0 Å². The van der Waals surface area contributed by atoms with Gasteiger partial charge in [-0.05, 0) is 38.1 Å². The van der Waals surface area contributed by atoms with Gasteiger partial charge in [0.2, 0.25) is 17.7 Å². The number of amides is 3. The van der Waals surface area contributed by atoms with Crippen LogP contribution in [-0.4, -0.2) is 82.3 Å². The first-order valence-corrected chi connectivity index (χ1v) is 10.3. The van der Waals surface area contributed by atoms with E-state index in [9.17, 15) is 34.2 Å². The highest BCUT2D eigenvalue weighted by Gasteiger charge is 2.31. The van der Waals surface area contributed by atoms with Crippen LogP contribution in [0, 0.1) is 5.92 Å². The number of carbonyl (C=O) groups excluding carboxylic acids is 3. The summed E-state index contributed by atoms with van der Waals surface area (Å²) in [6.45, 7) is 3.14. The third-order valence-corrected chi connectivity index (χ3v) is 4.45. The van der Waals surface area contributed by atoms with Crippen LogP contribution >= 0.6 is 0 Å². The monoisotopic (exact) mass is 461 g/mol. The standard InChI is InChI=1S/C19H35N5O8/c1-10(2)7-11(21)16(28)23-13(8-15(26)27)17(29)24-14(9-25)18(30)22-12(19(31)32)5-3-4-6-20/h10-14,25H,3-9,20-21H2,1-2H3,(H,22,30)(H,23,28)(H,24,29)(H,26,27)(H,31,32)/t11-,12-,13-,14-/m0/s1. The Morgan fingerprint density at radius 2 is 1.38 bits per heavy atom. The topological polar surface area (TPSA) is 234 Å². The van der Waals surface area contributed by atoms with Gasteiger partial charge in [0.15, 0.2) is 0 Å². The number of hydrogen-bond donors (Lipinski definition) is 8. The molecule has 32 heavy (non-hydrogen) atoms. The summed E-state index contributed by atoms with van der Waals surface area (Å²) in [6, 6.07) is -5.35. The first-order chi connectivity index (χ1) is 14.9. The summed E-state index contributed by atoms with van der Waals surface area (Å²) in [4.78, 5) is 59.5. The molecule has 0 rings (SSSR count). The molecule has 0 fully saturated rings. The van der Waals surface area contributed by atoms with Crippen LogP contribution in [0.5, 0.6) is 0 Å². The number of carboxylic acid groups (broad SMARTS) is 2. The molecule has 0 aromatic carbocycles. The molecule has 0 aromatic heterocycles. The number of aliphatic hydroxyl groups excluding tert-OH is 1. The molecule has 13 heteroatoms. The Morgan fingerprint density at radius 1 is 0.844 bits per heavy atom. The Hall–Kier alpha value is -2.77. The second kappa shape index (κ2) is 15.1. The van der Waals surface area contributed by atoms with Gasteiger partial charge in [-0.25, -0.2) is 4.79 Å². The second-order valence-corrected chi connectivity index (χ2v) is 7.82. The molecule has 0 saturated carbocycles. The molecule has 4 atom stereocenters. The number of nitrogens with one attached hydrogen (secondary N) is 3. The number of carboxylic acids is 2. The zero-order valence-electron chi connectivity index (χ0n) is 18.4. The van der Waals surface area contributed by atoms with Gasteiger partial charge < -0.3 is 42.7 Å². The first kappa shape index (κ1) is 29.2. The van der Waals surface area contributed by atoms with Gasteiger partial charge >= 0.3 is 11.9 Å². The van der Waals surface area contributed by atoms with Crippen molar-refractivity contribution in [3.05, 3.63) is 0 Å². The van der Waals surface area contributed by atoms with Crippen LogP contribution in [0.25, 0.3) is 0 Å². The maximum Gasteiger partial charge on any atom is 0.326 e. The van der Waals surface area contributed by atoms with Crippen molar-refractivity contribution < 1.29 is 39.3 Å². The minimum absolute atomic E-state index is 0.0806. The molecule has 0 aromatic rings. The fraction of sp³-hybridized carbons (Fsp3) is 0.737. The summed E-state index contributed by atoms with van der Waals surface area (Å²) in [5.74, 6) is -5.36. The molecule has 0 aliphatic rings. The maximum atomic E-state index is 12.5. The summed E-state index contributed by atoms with van der Waals surface area (Å²) < 4.78 is 0. The van der Waals surface area contributed by atoms with E-state index < -0.39 is 66.9 Å². The molecule has 0 radical (unpaired) electrons. The summed E-state index contributed by atoms with van der Waals surface area (Å²) in [7, 11) is 0. The van der Waals surface area contributed by atoms with Crippen molar-refractivity contribution in [1.82, 2.24) is 16.0 Å². The summed E-state index contributed by atoms with van der Waals surface area (Å²) >= 11 is 0. The molecule has 10 N–H and O–H groups in total. The average Bonchev–Trinajstić information content (AvgIpc) is 2.69. The lowest BCUT2D eigenvalue weighted by Crippen LogP contribution is -2.58. The van der Waals surface area contributed by atoms with Crippen molar-refractivity contribution in [2.45, 2.75) is 70.1 Å². The van der Waals surface area contributed by atoms with Crippen molar-refractivity contribution in [2.75, 3.05) is 13.2 Å². The zero-order chi connectivity index (χ0) is 24.8. The molecule has 3 amide bonds. The van der Waals surface area contributed by atoms with Crippen molar-refractivity contribution >= 4 is 29.7 Å². The van der Waals surface area contributed by atoms with Gasteiger partial charge in [0.25, 0.3) is 0 Å². The molecule has 0 unspecified atom stereocenters. The molecule has 184 valence electrons. The normalized spacial score (nSPS) is 14.7. The molecule has 0 spiro atoms. The van der Waals surface area contributed by atoms with E-state index in [0.29, 0.717) is 25.8 Å². The van der Waals surface area contributed by atoms with Crippen LogP contribution in [0.4, 0.5) is 0 Å².